The normalized spacial score (nSPS) is 31.8. The first-order valence-electron chi connectivity index (χ1n) is 6.92. The predicted molar refractivity (Wildman–Crippen MR) is 68.9 cm³/mol. The molecular formula is C13H22N2O4. The molecule has 0 aromatic heterocycles. The van der Waals surface area contributed by atoms with Crippen molar-refractivity contribution in [2.24, 2.45) is 5.92 Å². The molecule has 0 aromatic rings. The molecule has 19 heavy (non-hydrogen) atoms. The van der Waals surface area contributed by atoms with E-state index in [-0.39, 0.29) is 12.6 Å². The number of likely N-dealkylation sites (tertiary alicyclic amines) is 1. The zero-order valence-electron chi connectivity index (χ0n) is 11.4. The Hall–Kier alpha value is -1.30. The number of carboxylic acid groups (broad SMARTS) is 1. The summed E-state index contributed by atoms with van der Waals surface area (Å²) in [6.45, 7) is 4.02. The van der Waals surface area contributed by atoms with Gasteiger partial charge in [-0.15, -0.1) is 0 Å². The molecule has 2 amide bonds. The molecule has 6 nitrogen and oxygen atoms in total. The number of urea groups is 1. The summed E-state index contributed by atoms with van der Waals surface area (Å²) >= 11 is 0. The third-order valence-corrected chi connectivity index (χ3v) is 4.08. The van der Waals surface area contributed by atoms with Gasteiger partial charge < -0.3 is 20.1 Å². The molecule has 108 valence electrons. The van der Waals surface area contributed by atoms with Gasteiger partial charge in [-0.05, 0) is 25.2 Å². The first-order valence-corrected chi connectivity index (χ1v) is 6.92. The first-order chi connectivity index (χ1) is 9.03. The van der Waals surface area contributed by atoms with E-state index in [1.165, 1.54) is 0 Å². The maximum atomic E-state index is 12.2. The van der Waals surface area contributed by atoms with Gasteiger partial charge in [-0.1, -0.05) is 6.92 Å². The fourth-order valence-corrected chi connectivity index (χ4v) is 2.64. The Morgan fingerprint density at radius 3 is 2.79 bits per heavy atom. The van der Waals surface area contributed by atoms with Crippen LogP contribution in [0.2, 0.25) is 0 Å². The number of hydrogen-bond acceptors (Lipinski definition) is 3. The lowest BCUT2D eigenvalue weighted by molar-refractivity contribution is -0.144. The topological polar surface area (TPSA) is 78.9 Å². The predicted octanol–water partition coefficient (Wildman–Crippen LogP) is 1.06. The molecule has 0 aliphatic carbocycles. The van der Waals surface area contributed by atoms with Crippen molar-refractivity contribution in [3.63, 3.8) is 0 Å². The summed E-state index contributed by atoms with van der Waals surface area (Å²) in [5.74, 6) is -0.386. The maximum Gasteiger partial charge on any atom is 0.332 e. The van der Waals surface area contributed by atoms with Gasteiger partial charge in [0.05, 0.1) is 6.61 Å². The van der Waals surface area contributed by atoms with E-state index in [1.807, 2.05) is 0 Å². The summed E-state index contributed by atoms with van der Waals surface area (Å²) in [4.78, 5) is 25.3. The Bertz CT molecular complexity index is 353. The van der Waals surface area contributed by atoms with Crippen molar-refractivity contribution >= 4 is 12.0 Å². The van der Waals surface area contributed by atoms with Gasteiger partial charge in [-0.2, -0.15) is 0 Å². The number of ether oxygens (including phenoxy) is 1. The number of carbonyl (C=O) groups is 2. The van der Waals surface area contributed by atoms with Crippen molar-refractivity contribution in [1.29, 1.82) is 0 Å². The molecule has 2 saturated heterocycles. The van der Waals surface area contributed by atoms with Crippen LogP contribution >= 0.6 is 0 Å². The molecule has 2 fully saturated rings. The number of nitrogens with one attached hydrogen (secondary N) is 1. The number of carboxylic acids is 1. The van der Waals surface area contributed by atoms with Gasteiger partial charge in [0.15, 0.2) is 5.54 Å². The second-order valence-corrected chi connectivity index (χ2v) is 5.64. The molecule has 0 aromatic carbocycles. The molecule has 2 N–H and O–H groups in total. The van der Waals surface area contributed by atoms with Gasteiger partial charge in [0, 0.05) is 26.1 Å². The average Bonchev–Trinajstić information content (AvgIpc) is 2.72. The van der Waals surface area contributed by atoms with Gasteiger partial charge in [0.2, 0.25) is 0 Å². The molecule has 0 spiro atoms. The minimum atomic E-state index is -1.24. The van der Waals surface area contributed by atoms with Crippen LogP contribution in [-0.2, 0) is 9.53 Å². The summed E-state index contributed by atoms with van der Waals surface area (Å²) < 4.78 is 5.14. The van der Waals surface area contributed by atoms with Crippen molar-refractivity contribution in [2.45, 2.75) is 38.1 Å². The van der Waals surface area contributed by atoms with Crippen LogP contribution in [0.3, 0.4) is 0 Å². The minimum Gasteiger partial charge on any atom is -0.479 e. The van der Waals surface area contributed by atoms with Gasteiger partial charge in [0.25, 0.3) is 0 Å². The third kappa shape index (κ3) is 3.18. The Morgan fingerprint density at radius 2 is 2.16 bits per heavy atom. The number of carbonyl (C=O) groups excluding carboxylic acids is 1. The van der Waals surface area contributed by atoms with Crippen LogP contribution < -0.4 is 5.32 Å². The molecule has 0 bridgehead atoms. The van der Waals surface area contributed by atoms with E-state index < -0.39 is 11.5 Å². The monoisotopic (exact) mass is 270 g/mol. The van der Waals surface area contributed by atoms with Crippen LogP contribution in [0.4, 0.5) is 4.79 Å². The number of hydrogen-bond donors (Lipinski definition) is 2. The molecule has 6 heteroatoms. The van der Waals surface area contributed by atoms with Crippen LogP contribution in [0.1, 0.15) is 32.6 Å². The van der Waals surface area contributed by atoms with Crippen molar-refractivity contribution in [3.05, 3.63) is 0 Å². The smallest absolute Gasteiger partial charge is 0.332 e. The summed E-state index contributed by atoms with van der Waals surface area (Å²) in [7, 11) is 0. The number of amides is 2. The summed E-state index contributed by atoms with van der Waals surface area (Å²) in [6, 6.07) is -0.276. The van der Waals surface area contributed by atoms with Crippen molar-refractivity contribution < 1.29 is 19.4 Å². The first kappa shape index (κ1) is 14.1. The molecule has 2 rings (SSSR count). The van der Waals surface area contributed by atoms with Crippen LogP contribution in [0, 0.1) is 5.92 Å². The quantitative estimate of drug-likeness (QED) is 0.786. The largest absolute Gasteiger partial charge is 0.479 e. The summed E-state index contributed by atoms with van der Waals surface area (Å²) in [6.07, 6.45) is 3.41. The molecule has 2 aliphatic rings. The summed E-state index contributed by atoms with van der Waals surface area (Å²) in [5, 5.41) is 12.0. The molecule has 0 saturated carbocycles. The standard InChI is InChI=1S/C13H22N2O4/c1-10-3-2-6-15(7-4-10)12(18)14-13(11(16)17)5-8-19-9-13/h10H,2-9H2,1H3,(H,14,18)(H,16,17). The molecule has 0 radical (unpaired) electrons. The highest BCUT2D eigenvalue weighted by atomic mass is 16.5. The Labute approximate surface area is 113 Å². The number of rotatable bonds is 2. The van der Waals surface area contributed by atoms with E-state index in [9.17, 15) is 14.7 Å². The zero-order valence-corrected chi connectivity index (χ0v) is 11.4. The van der Waals surface area contributed by atoms with Crippen LogP contribution in [0.25, 0.3) is 0 Å². The van der Waals surface area contributed by atoms with Crippen molar-refractivity contribution in [2.75, 3.05) is 26.3 Å². The highest BCUT2D eigenvalue weighted by molar-refractivity contribution is 5.86. The van der Waals surface area contributed by atoms with Crippen molar-refractivity contribution in [3.8, 4) is 0 Å². The SMILES string of the molecule is CC1CCCN(C(=O)NC2(C(=O)O)CCOC2)CC1. The van der Waals surface area contributed by atoms with E-state index in [4.69, 9.17) is 4.74 Å². The minimum absolute atomic E-state index is 0.0539. The van der Waals surface area contributed by atoms with E-state index in [0.717, 1.165) is 19.3 Å². The van der Waals surface area contributed by atoms with Gasteiger partial charge >= 0.3 is 12.0 Å². The number of aliphatic carboxylic acids is 1. The maximum absolute atomic E-state index is 12.2. The molecule has 2 heterocycles. The van der Waals surface area contributed by atoms with E-state index >= 15 is 0 Å². The molecular weight excluding hydrogens is 248 g/mol. The van der Waals surface area contributed by atoms with Crippen molar-refractivity contribution in [1.82, 2.24) is 10.2 Å². The van der Waals surface area contributed by atoms with E-state index in [0.29, 0.717) is 32.0 Å². The summed E-state index contributed by atoms with van der Waals surface area (Å²) in [5.41, 5.74) is -1.24. The van der Waals surface area contributed by atoms with E-state index in [2.05, 4.69) is 12.2 Å². The average molecular weight is 270 g/mol. The molecule has 2 aliphatic heterocycles. The Kier molecular flexibility index (Phi) is 4.29. The highest BCUT2D eigenvalue weighted by Gasteiger charge is 2.44. The van der Waals surface area contributed by atoms with Crippen LogP contribution in [-0.4, -0.2) is 53.8 Å². The second kappa shape index (κ2) is 5.77. The van der Waals surface area contributed by atoms with Gasteiger partial charge in [0.1, 0.15) is 0 Å². The third-order valence-electron chi connectivity index (χ3n) is 4.08. The van der Waals surface area contributed by atoms with Gasteiger partial charge in [-0.3, -0.25) is 0 Å². The fraction of sp³-hybridized carbons (Fsp3) is 0.846. The second-order valence-electron chi connectivity index (χ2n) is 5.64. The Balaban J connectivity index is 1.97. The van der Waals surface area contributed by atoms with Crippen LogP contribution in [0.5, 0.6) is 0 Å². The lowest BCUT2D eigenvalue weighted by Crippen LogP contribution is -2.58. The van der Waals surface area contributed by atoms with E-state index in [1.54, 1.807) is 4.90 Å². The highest BCUT2D eigenvalue weighted by Crippen LogP contribution is 2.21. The van der Waals surface area contributed by atoms with Gasteiger partial charge in [-0.25, -0.2) is 9.59 Å². The Morgan fingerprint density at radius 1 is 1.37 bits per heavy atom. The lowest BCUT2D eigenvalue weighted by Gasteiger charge is -2.28. The lowest BCUT2D eigenvalue weighted by atomic mass is 9.99. The number of nitrogens with zero attached hydrogens (tertiary/aromatic N) is 1. The van der Waals surface area contributed by atoms with Crippen LogP contribution in [0.15, 0.2) is 0 Å². The molecule has 2 atom stereocenters. The zero-order chi connectivity index (χ0) is 13.9. The molecule has 2 unspecified atom stereocenters. The fourth-order valence-electron chi connectivity index (χ4n) is 2.64.